The molecule has 1 saturated heterocycles. The second kappa shape index (κ2) is 8.30. The van der Waals surface area contributed by atoms with E-state index in [2.05, 4.69) is 21.2 Å². The van der Waals surface area contributed by atoms with Gasteiger partial charge in [0.2, 0.25) is 5.91 Å². The van der Waals surface area contributed by atoms with Gasteiger partial charge in [0.1, 0.15) is 0 Å². The van der Waals surface area contributed by atoms with Crippen LogP contribution in [0.1, 0.15) is 19.4 Å². The number of thioether (sulfide) groups is 1. The monoisotopic (exact) mass is 408 g/mol. The van der Waals surface area contributed by atoms with Crippen LogP contribution in [0.15, 0.2) is 45.3 Å². The first-order valence-corrected chi connectivity index (χ1v) is 8.91. The van der Waals surface area contributed by atoms with Gasteiger partial charge in [-0.3, -0.25) is 19.3 Å². The van der Waals surface area contributed by atoms with Gasteiger partial charge in [-0.05, 0) is 49.4 Å². The molecule has 24 heavy (non-hydrogen) atoms. The molecular formula is C17H17BrN2O3S. The molecular weight excluding hydrogens is 392 g/mol. The minimum atomic E-state index is -0.332. The lowest BCUT2D eigenvalue weighted by Gasteiger charge is -2.12. The molecule has 7 heteroatoms. The van der Waals surface area contributed by atoms with Gasteiger partial charge < -0.3 is 5.32 Å². The Morgan fingerprint density at radius 1 is 1.33 bits per heavy atom. The molecule has 1 N–H and O–H groups in total. The van der Waals surface area contributed by atoms with Crippen molar-refractivity contribution in [2.75, 3.05) is 13.1 Å². The highest BCUT2D eigenvalue weighted by molar-refractivity contribution is 9.10. The fourth-order valence-electron chi connectivity index (χ4n) is 2.04. The lowest BCUT2D eigenvalue weighted by Crippen LogP contribution is -2.36. The minimum Gasteiger partial charge on any atom is -0.351 e. The van der Waals surface area contributed by atoms with Crippen molar-refractivity contribution in [1.82, 2.24) is 10.2 Å². The predicted molar refractivity (Wildman–Crippen MR) is 99.3 cm³/mol. The summed E-state index contributed by atoms with van der Waals surface area (Å²) in [5, 5.41) is 2.34. The molecule has 0 radical (unpaired) electrons. The average Bonchev–Trinajstić information content (AvgIpc) is 2.74. The molecule has 5 nitrogen and oxygen atoms in total. The maximum absolute atomic E-state index is 12.3. The topological polar surface area (TPSA) is 66.5 Å². The van der Waals surface area contributed by atoms with Crippen molar-refractivity contribution in [1.29, 1.82) is 0 Å². The lowest BCUT2D eigenvalue weighted by atomic mass is 10.2. The van der Waals surface area contributed by atoms with Gasteiger partial charge in [-0.1, -0.05) is 33.6 Å². The highest BCUT2D eigenvalue weighted by Gasteiger charge is 2.34. The first-order valence-electron chi connectivity index (χ1n) is 7.30. The number of nitrogens with one attached hydrogen (secondary N) is 1. The van der Waals surface area contributed by atoms with E-state index in [-0.39, 0.29) is 30.1 Å². The van der Waals surface area contributed by atoms with Crippen LogP contribution in [-0.2, 0) is 9.59 Å². The number of amides is 3. The molecule has 0 bridgehead atoms. The van der Waals surface area contributed by atoms with Crippen LogP contribution in [0.4, 0.5) is 4.79 Å². The quantitative estimate of drug-likeness (QED) is 0.756. The van der Waals surface area contributed by atoms with Gasteiger partial charge in [0, 0.05) is 23.6 Å². The van der Waals surface area contributed by atoms with E-state index in [0.29, 0.717) is 4.91 Å². The van der Waals surface area contributed by atoms with Crippen LogP contribution in [0, 0.1) is 0 Å². The highest BCUT2D eigenvalue weighted by Crippen LogP contribution is 2.32. The van der Waals surface area contributed by atoms with Crippen LogP contribution < -0.4 is 5.32 Å². The number of imide groups is 1. The van der Waals surface area contributed by atoms with Crippen LogP contribution in [0.3, 0.4) is 0 Å². The Bertz CT molecular complexity index is 739. The van der Waals surface area contributed by atoms with Crippen molar-refractivity contribution < 1.29 is 14.4 Å². The van der Waals surface area contributed by atoms with Gasteiger partial charge in [0.25, 0.3) is 11.1 Å². The van der Waals surface area contributed by atoms with E-state index < -0.39 is 0 Å². The molecule has 1 aliphatic heterocycles. The zero-order valence-corrected chi connectivity index (χ0v) is 15.7. The van der Waals surface area contributed by atoms with Crippen LogP contribution in [-0.4, -0.2) is 35.0 Å². The van der Waals surface area contributed by atoms with Gasteiger partial charge in [0.05, 0.1) is 4.91 Å². The van der Waals surface area contributed by atoms with Crippen molar-refractivity contribution in [3.8, 4) is 0 Å². The molecule has 1 aromatic carbocycles. The van der Waals surface area contributed by atoms with Crippen molar-refractivity contribution in [3.05, 3.63) is 50.9 Å². The number of carbonyl (C=O) groups excluding carboxylic acids is 3. The summed E-state index contributed by atoms with van der Waals surface area (Å²) in [6.07, 6.45) is 3.17. The SMILES string of the molecule is CC(C)=CC(=O)NCCN1C(=O)S/C(=C/c2cccc(Br)c2)C1=O. The van der Waals surface area contributed by atoms with Gasteiger partial charge in [-0.25, -0.2) is 0 Å². The van der Waals surface area contributed by atoms with Crippen LogP contribution >= 0.6 is 27.7 Å². The number of hydrogen-bond acceptors (Lipinski definition) is 4. The molecule has 0 saturated carbocycles. The molecule has 0 atom stereocenters. The summed E-state index contributed by atoms with van der Waals surface area (Å²) in [7, 11) is 0. The van der Waals surface area contributed by atoms with E-state index in [4.69, 9.17) is 0 Å². The number of carbonyl (C=O) groups is 3. The Hall–Kier alpha value is -1.86. The molecule has 0 unspecified atom stereocenters. The molecule has 1 fully saturated rings. The van der Waals surface area contributed by atoms with E-state index >= 15 is 0 Å². The average molecular weight is 409 g/mol. The molecule has 0 aromatic heterocycles. The summed E-state index contributed by atoms with van der Waals surface area (Å²) in [4.78, 5) is 37.4. The molecule has 1 aromatic rings. The van der Waals surface area contributed by atoms with E-state index in [1.165, 1.54) is 6.08 Å². The maximum Gasteiger partial charge on any atom is 0.293 e. The normalized spacial score (nSPS) is 15.8. The first kappa shape index (κ1) is 18.5. The number of rotatable bonds is 5. The number of benzene rings is 1. The van der Waals surface area contributed by atoms with Crippen molar-refractivity contribution in [2.45, 2.75) is 13.8 Å². The summed E-state index contributed by atoms with van der Waals surface area (Å²) in [5.74, 6) is -0.562. The third kappa shape index (κ3) is 5.07. The lowest BCUT2D eigenvalue weighted by molar-refractivity contribution is -0.123. The number of hydrogen-bond donors (Lipinski definition) is 1. The van der Waals surface area contributed by atoms with Crippen LogP contribution in [0.25, 0.3) is 6.08 Å². The van der Waals surface area contributed by atoms with Gasteiger partial charge in [-0.2, -0.15) is 0 Å². The Labute approximate surface area is 153 Å². The highest BCUT2D eigenvalue weighted by atomic mass is 79.9. The van der Waals surface area contributed by atoms with E-state index in [0.717, 1.165) is 32.3 Å². The standard InChI is InChI=1S/C17H17BrN2O3S/c1-11(2)8-15(21)19-6-7-20-16(22)14(24-17(20)23)10-12-4-3-5-13(18)9-12/h3-5,8-10H,6-7H2,1-2H3,(H,19,21)/b14-10+. The molecule has 0 spiro atoms. The van der Waals surface area contributed by atoms with E-state index in [1.807, 2.05) is 38.1 Å². The molecule has 3 amide bonds. The van der Waals surface area contributed by atoms with Crippen molar-refractivity contribution >= 4 is 50.8 Å². The Morgan fingerprint density at radius 2 is 2.08 bits per heavy atom. The summed E-state index contributed by atoms with van der Waals surface area (Å²) in [6, 6.07) is 7.48. The number of halogens is 1. The molecule has 1 heterocycles. The summed E-state index contributed by atoms with van der Waals surface area (Å²) in [5.41, 5.74) is 1.72. The third-order valence-corrected chi connectivity index (χ3v) is 4.48. The Morgan fingerprint density at radius 3 is 2.75 bits per heavy atom. The summed E-state index contributed by atoms with van der Waals surface area (Å²) in [6.45, 7) is 4.03. The minimum absolute atomic E-state index is 0.156. The van der Waals surface area contributed by atoms with E-state index in [1.54, 1.807) is 6.08 Å². The summed E-state index contributed by atoms with van der Waals surface area (Å²) >= 11 is 4.28. The largest absolute Gasteiger partial charge is 0.351 e. The zero-order valence-electron chi connectivity index (χ0n) is 13.3. The van der Waals surface area contributed by atoms with Crippen molar-refractivity contribution in [3.63, 3.8) is 0 Å². The molecule has 2 rings (SSSR count). The summed E-state index contributed by atoms with van der Waals surface area (Å²) < 4.78 is 0.900. The molecule has 0 aliphatic carbocycles. The predicted octanol–water partition coefficient (Wildman–Crippen LogP) is 3.57. The molecule has 1 aliphatic rings. The maximum atomic E-state index is 12.3. The van der Waals surface area contributed by atoms with Gasteiger partial charge >= 0.3 is 0 Å². The number of allylic oxidation sites excluding steroid dienone is 1. The first-order chi connectivity index (χ1) is 11.4. The second-order valence-corrected chi connectivity index (χ2v) is 7.31. The van der Waals surface area contributed by atoms with Gasteiger partial charge in [-0.15, -0.1) is 0 Å². The van der Waals surface area contributed by atoms with Crippen molar-refractivity contribution in [2.24, 2.45) is 0 Å². The van der Waals surface area contributed by atoms with Crippen LogP contribution in [0.5, 0.6) is 0 Å². The smallest absolute Gasteiger partial charge is 0.293 e. The van der Waals surface area contributed by atoms with E-state index in [9.17, 15) is 14.4 Å². The third-order valence-electron chi connectivity index (χ3n) is 3.07. The Balaban J connectivity index is 1.99. The fourth-order valence-corrected chi connectivity index (χ4v) is 3.33. The van der Waals surface area contributed by atoms with Gasteiger partial charge in [0.15, 0.2) is 0 Å². The second-order valence-electron chi connectivity index (χ2n) is 5.40. The fraction of sp³-hybridized carbons (Fsp3) is 0.235. The number of nitrogens with zero attached hydrogens (tertiary/aromatic N) is 1. The Kier molecular flexibility index (Phi) is 6.39. The molecule has 126 valence electrons. The van der Waals surface area contributed by atoms with Crippen LogP contribution in [0.2, 0.25) is 0 Å². The zero-order chi connectivity index (χ0) is 17.7.